The smallest absolute Gasteiger partial charge is 0.302 e. The standard InChI is InChI=1S/C28H23N3O3/c1-29-24-17-28(22-14-8-9-15-23(22)30-27(28)34)18-31(24)26(33)21(16-19-10-4-2-5-11-19)25(32)20-12-6-3-7-13-20/h2-15,21,24H,16-18H2,(H,30,34)/t21-,24+,28+/m1/s1. The molecule has 3 aromatic carbocycles. The van der Waals surface area contributed by atoms with E-state index in [2.05, 4.69) is 10.2 Å². The zero-order valence-corrected chi connectivity index (χ0v) is 18.5. The highest BCUT2D eigenvalue weighted by molar-refractivity contribution is 6.11. The molecule has 6 nitrogen and oxygen atoms in total. The van der Waals surface area contributed by atoms with Crippen LogP contribution in [-0.4, -0.2) is 35.2 Å². The Morgan fingerprint density at radius 2 is 1.65 bits per heavy atom. The minimum Gasteiger partial charge on any atom is -0.325 e. The van der Waals surface area contributed by atoms with Crippen molar-refractivity contribution in [3.05, 3.63) is 113 Å². The number of hydrogen-bond donors (Lipinski definition) is 1. The van der Waals surface area contributed by atoms with Gasteiger partial charge in [0.05, 0.1) is 6.42 Å². The molecule has 1 saturated heterocycles. The van der Waals surface area contributed by atoms with Crippen molar-refractivity contribution in [2.75, 3.05) is 11.9 Å². The fourth-order valence-corrected chi connectivity index (χ4v) is 5.10. The van der Waals surface area contributed by atoms with Crippen LogP contribution in [0.3, 0.4) is 0 Å². The van der Waals surface area contributed by atoms with Gasteiger partial charge < -0.3 is 5.32 Å². The first kappa shape index (κ1) is 21.6. The normalized spacial score (nSPS) is 21.6. The first-order valence-corrected chi connectivity index (χ1v) is 11.2. The first-order valence-electron chi connectivity index (χ1n) is 11.2. The van der Waals surface area contributed by atoms with Gasteiger partial charge in [-0.25, -0.2) is 6.57 Å². The molecule has 0 saturated carbocycles. The van der Waals surface area contributed by atoms with E-state index in [4.69, 9.17) is 6.57 Å². The molecule has 2 heterocycles. The van der Waals surface area contributed by atoms with Crippen LogP contribution in [0.5, 0.6) is 0 Å². The van der Waals surface area contributed by atoms with Gasteiger partial charge in [-0.05, 0) is 23.6 Å². The Bertz CT molecular complexity index is 1300. The van der Waals surface area contributed by atoms with E-state index in [1.807, 2.05) is 60.7 Å². The summed E-state index contributed by atoms with van der Waals surface area (Å²) in [6.07, 6.45) is -0.376. The molecule has 0 bridgehead atoms. The summed E-state index contributed by atoms with van der Waals surface area (Å²) in [5.74, 6) is -1.88. The summed E-state index contributed by atoms with van der Waals surface area (Å²) in [6, 6.07) is 25.6. The molecule has 2 aliphatic rings. The van der Waals surface area contributed by atoms with Crippen molar-refractivity contribution in [2.45, 2.75) is 24.4 Å². The van der Waals surface area contributed by atoms with Gasteiger partial charge in [-0.3, -0.25) is 24.1 Å². The van der Waals surface area contributed by atoms with Gasteiger partial charge in [0.25, 0.3) is 0 Å². The second kappa shape index (κ2) is 8.60. The summed E-state index contributed by atoms with van der Waals surface area (Å²) in [4.78, 5) is 45.7. The third-order valence-corrected chi connectivity index (χ3v) is 6.84. The quantitative estimate of drug-likeness (QED) is 0.362. The van der Waals surface area contributed by atoms with E-state index in [9.17, 15) is 14.4 Å². The van der Waals surface area contributed by atoms with Crippen LogP contribution in [-0.2, 0) is 21.4 Å². The number of nitrogens with one attached hydrogen (secondary N) is 1. The first-order chi connectivity index (χ1) is 16.5. The molecular weight excluding hydrogens is 426 g/mol. The Morgan fingerprint density at radius 1 is 1.00 bits per heavy atom. The zero-order valence-electron chi connectivity index (χ0n) is 18.5. The number of benzene rings is 3. The molecule has 34 heavy (non-hydrogen) atoms. The summed E-state index contributed by atoms with van der Waals surface area (Å²) in [6.45, 7) is 7.85. The fourth-order valence-electron chi connectivity index (χ4n) is 5.10. The van der Waals surface area contributed by atoms with Gasteiger partial charge in [-0.2, -0.15) is 0 Å². The number of likely N-dealkylation sites (tertiary alicyclic amines) is 1. The highest BCUT2D eigenvalue weighted by Crippen LogP contribution is 2.47. The molecule has 0 aliphatic carbocycles. The van der Waals surface area contributed by atoms with Crippen molar-refractivity contribution in [3.8, 4) is 0 Å². The molecule has 1 spiro atoms. The van der Waals surface area contributed by atoms with E-state index >= 15 is 0 Å². The Morgan fingerprint density at radius 3 is 2.35 bits per heavy atom. The molecule has 6 heteroatoms. The van der Waals surface area contributed by atoms with Crippen LogP contribution in [0.4, 0.5) is 5.69 Å². The molecule has 1 fully saturated rings. The molecule has 1 N–H and O–H groups in total. The molecule has 0 unspecified atom stereocenters. The molecule has 3 aromatic rings. The van der Waals surface area contributed by atoms with Crippen molar-refractivity contribution in [1.82, 2.24) is 4.90 Å². The molecule has 0 radical (unpaired) electrons. The number of anilines is 1. The van der Waals surface area contributed by atoms with Crippen molar-refractivity contribution in [2.24, 2.45) is 5.92 Å². The Labute approximate surface area is 198 Å². The second-order valence-corrected chi connectivity index (χ2v) is 8.83. The molecule has 3 atom stereocenters. The van der Waals surface area contributed by atoms with E-state index in [1.165, 1.54) is 4.90 Å². The minimum atomic E-state index is -0.982. The van der Waals surface area contributed by atoms with Crippen LogP contribution < -0.4 is 5.32 Å². The molecular formula is C28H23N3O3. The SMILES string of the molecule is [C-]#[N+][C@@H]1C[C@@]2(CN1C(=O)[C@H](Cc1ccccc1)C(=O)c1ccccc1)C(=O)Nc1ccccc12. The van der Waals surface area contributed by atoms with Gasteiger partial charge in [0.2, 0.25) is 11.8 Å². The van der Waals surface area contributed by atoms with Gasteiger partial charge in [-0.1, -0.05) is 78.9 Å². The number of hydrogen-bond acceptors (Lipinski definition) is 3. The number of carbonyl (C=O) groups is 3. The number of para-hydroxylation sites is 1. The average molecular weight is 450 g/mol. The average Bonchev–Trinajstić information content (AvgIpc) is 3.41. The Balaban J connectivity index is 1.51. The number of carbonyl (C=O) groups excluding carboxylic acids is 3. The summed E-state index contributed by atoms with van der Waals surface area (Å²) in [5.41, 5.74) is 1.86. The van der Waals surface area contributed by atoms with E-state index in [0.717, 1.165) is 11.1 Å². The van der Waals surface area contributed by atoms with Gasteiger partial charge in [0.15, 0.2) is 5.78 Å². The Kier molecular flexibility index (Phi) is 5.46. The van der Waals surface area contributed by atoms with Crippen LogP contribution in [0.2, 0.25) is 0 Å². The predicted molar refractivity (Wildman–Crippen MR) is 128 cm³/mol. The van der Waals surface area contributed by atoms with Gasteiger partial charge in [-0.15, -0.1) is 0 Å². The lowest BCUT2D eigenvalue weighted by Crippen LogP contribution is -2.44. The van der Waals surface area contributed by atoms with Crippen molar-refractivity contribution in [3.63, 3.8) is 0 Å². The highest BCUT2D eigenvalue weighted by atomic mass is 16.2. The van der Waals surface area contributed by atoms with E-state index in [0.29, 0.717) is 11.3 Å². The lowest BCUT2D eigenvalue weighted by Gasteiger charge is -2.25. The number of Topliss-reactive ketones (excluding diaryl/α,β-unsaturated/α-hetero) is 1. The number of rotatable bonds is 5. The lowest BCUT2D eigenvalue weighted by molar-refractivity contribution is -0.134. The molecule has 168 valence electrons. The lowest BCUT2D eigenvalue weighted by atomic mass is 9.80. The summed E-state index contributed by atoms with van der Waals surface area (Å²) in [5, 5.41) is 2.91. The minimum absolute atomic E-state index is 0.0785. The van der Waals surface area contributed by atoms with Gasteiger partial charge in [0.1, 0.15) is 11.3 Å². The molecule has 0 aromatic heterocycles. The maximum atomic E-state index is 13.9. The van der Waals surface area contributed by atoms with Crippen molar-refractivity contribution in [1.29, 1.82) is 0 Å². The number of ketones is 1. The number of fused-ring (bicyclic) bond motifs is 2. The highest BCUT2D eigenvalue weighted by Gasteiger charge is 2.59. The monoisotopic (exact) mass is 449 g/mol. The number of amides is 2. The zero-order chi connectivity index (χ0) is 23.7. The van der Waals surface area contributed by atoms with Crippen LogP contribution in [0.25, 0.3) is 4.85 Å². The Hall–Kier alpha value is -4.24. The van der Waals surface area contributed by atoms with E-state index < -0.39 is 23.4 Å². The second-order valence-electron chi connectivity index (χ2n) is 8.83. The van der Waals surface area contributed by atoms with Crippen molar-refractivity contribution < 1.29 is 14.4 Å². The molecule has 5 rings (SSSR count). The predicted octanol–water partition coefficient (Wildman–Crippen LogP) is 4.10. The topological polar surface area (TPSA) is 70.8 Å². The van der Waals surface area contributed by atoms with Crippen molar-refractivity contribution >= 4 is 23.3 Å². The molecule has 2 aliphatic heterocycles. The summed E-state index contributed by atoms with van der Waals surface area (Å²) >= 11 is 0. The summed E-state index contributed by atoms with van der Waals surface area (Å²) in [7, 11) is 0. The largest absolute Gasteiger partial charge is 0.325 e. The van der Waals surface area contributed by atoms with Crippen LogP contribution >= 0.6 is 0 Å². The summed E-state index contributed by atoms with van der Waals surface area (Å²) < 4.78 is 0. The maximum absolute atomic E-state index is 13.9. The molecule has 2 amide bonds. The van der Waals surface area contributed by atoms with Crippen LogP contribution in [0, 0.1) is 12.5 Å². The maximum Gasteiger partial charge on any atom is 0.302 e. The van der Waals surface area contributed by atoms with Gasteiger partial charge >= 0.3 is 6.17 Å². The van der Waals surface area contributed by atoms with E-state index in [1.54, 1.807) is 24.3 Å². The van der Waals surface area contributed by atoms with Gasteiger partial charge in [0, 0.05) is 17.8 Å². The van der Waals surface area contributed by atoms with Crippen LogP contribution in [0.1, 0.15) is 27.9 Å². The third-order valence-electron chi connectivity index (χ3n) is 6.84. The number of nitrogens with zero attached hydrogens (tertiary/aromatic N) is 2. The van der Waals surface area contributed by atoms with E-state index in [-0.39, 0.29) is 31.1 Å². The van der Waals surface area contributed by atoms with Crippen LogP contribution in [0.15, 0.2) is 84.9 Å². The fraction of sp³-hybridized carbons (Fsp3) is 0.214. The third kappa shape index (κ3) is 3.56.